The first-order chi connectivity index (χ1) is 11.4. The van der Waals surface area contributed by atoms with E-state index in [2.05, 4.69) is 109 Å². The third-order valence-corrected chi connectivity index (χ3v) is 25.0. The fourth-order valence-electron chi connectivity index (χ4n) is 4.63. The predicted molar refractivity (Wildman–Crippen MR) is 141 cm³/mol. The molecule has 0 radical (unpaired) electrons. The van der Waals surface area contributed by atoms with Crippen molar-refractivity contribution in [3.8, 4) is 0 Å². The molecule has 27 heavy (non-hydrogen) atoms. The first kappa shape index (κ1) is 28.3. The summed E-state index contributed by atoms with van der Waals surface area (Å²) in [5.74, 6) is 2.77. The largest absolute Gasteiger partial charge is 0.667 e. The highest BCUT2D eigenvalue weighted by atomic mass is 31.1. The Morgan fingerprint density at radius 3 is 0.815 bits per heavy atom. The minimum atomic E-state index is -1.58. The normalized spacial score (nSPS) is 15.8. The van der Waals surface area contributed by atoms with Crippen LogP contribution in [0, 0.1) is 0 Å². The first-order valence-electron chi connectivity index (χ1n) is 10.7. The van der Waals surface area contributed by atoms with Gasteiger partial charge in [0.05, 0.1) is 0 Å². The highest BCUT2D eigenvalue weighted by Crippen LogP contribution is 2.62. The van der Waals surface area contributed by atoms with Crippen molar-refractivity contribution >= 4 is 32.3 Å². The molecule has 0 aliphatic heterocycles. The van der Waals surface area contributed by atoms with E-state index < -0.39 is 16.5 Å². The molecule has 5 heteroatoms. The molecule has 0 aliphatic rings. The van der Waals surface area contributed by atoms with Crippen LogP contribution in [0.15, 0.2) is 0 Å². The molecule has 0 unspecified atom stereocenters. The van der Waals surface area contributed by atoms with E-state index in [4.69, 9.17) is 4.65 Å². The number of hydrogen-bond donors (Lipinski definition) is 0. The molecule has 0 rings (SSSR count). The Kier molecular flexibility index (Phi) is 9.19. The van der Waals surface area contributed by atoms with Gasteiger partial charge in [-0.3, -0.25) is 0 Å². The van der Waals surface area contributed by atoms with Crippen molar-refractivity contribution in [2.75, 3.05) is 11.6 Å². The Balaban J connectivity index is 5.51. The topological polar surface area (TPSA) is 14.1 Å². The number of hydrogen-bond acceptors (Lipinski definition) is 0. The zero-order valence-electron chi connectivity index (χ0n) is 21.8. The van der Waals surface area contributed by atoms with Crippen LogP contribution in [0.25, 0.3) is 4.65 Å². The van der Waals surface area contributed by atoms with Crippen LogP contribution in [0.2, 0.25) is 26.2 Å². The van der Waals surface area contributed by atoms with Crippen molar-refractivity contribution in [2.24, 2.45) is 0 Å². The van der Waals surface area contributed by atoms with Crippen LogP contribution in [0.5, 0.6) is 0 Å². The van der Waals surface area contributed by atoms with Crippen LogP contribution < -0.4 is 0 Å². The second-order valence-electron chi connectivity index (χ2n) is 13.6. The van der Waals surface area contributed by atoms with Gasteiger partial charge in [-0.05, 0) is 20.6 Å². The molecule has 0 aromatic heterocycles. The Hall–Kier alpha value is 1.25. The lowest BCUT2D eigenvalue weighted by atomic mass is 10.2. The average Bonchev–Trinajstić information content (AvgIpc) is 2.26. The van der Waals surface area contributed by atoms with Crippen LogP contribution in [0.4, 0.5) is 0 Å². The van der Waals surface area contributed by atoms with Gasteiger partial charge in [-0.1, -0.05) is 137 Å². The maximum Gasteiger partial charge on any atom is -0.0178 e. The quantitative estimate of drug-likeness (QED) is 0.284. The van der Waals surface area contributed by atoms with Gasteiger partial charge in [0, 0.05) is 0 Å². The van der Waals surface area contributed by atoms with Gasteiger partial charge in [-0.25, -0.2) is 0 Å². The summed E-state index contributed by atoms with van der Waals surface area (Å²) in [6, 6.07) is 0. The maximum absolute atomic E-state index is 5.78. The van der Waals surface area contributed by atoms with Crippen LogP contribution in [0.1, 0.15) is 83.1 Å². The molecule has 0 saturated heterocycles. The lowest BCUT2D eigenvalue weighted by molar-refractivity contribution is 0.708. The van der Waals surface area contributed by atoms with E-state index in [0.29, 0.717) is 20.6 Å². The molecular formula is C22H52NP2Si2-. The van der Waals surface area contributed by atoms with Gasteiger partial charge in [-0.2, -0.15) is 0 Å². The van der Waals surface area contributed by atoms with Gasteiger partial charge in [-0.15, -0.1) is 15.8 Å². The lowest BCUT2D eigenvalue weighted by Crippen LogP contribution is -2.47. The SMILES string of the molecule is CC(C)(C)P(C[Si](C)(C)[N-][Si](C)(C)CP(C(C)(C)C)C(C)(C)C)C(C)(C)C. The zero-order chi connectivity index (χ0) is 22.3. The maximum atomic E-state index is 5.78. The van der Waals surface area contributed by atoms with E-state index in [-0.39, 0.29) is 15.8 Å². The molecule has 0 N–H and O–H groups in total. The predicted octanol–water partition coefficient (Wildman–Crippen LogP) is 9.01. The second-order valence-corrected chi connectivity index (χ2v) is 31.3. The van der Waals surface area contributed by atoms with Crippen molar-refractivity contribution in [2.45, 2.75) is 130 Å². The highest BCUT2D eigenvalue weighted by Gasteiger charge is 2.39. The molecule has 0 atom stereocenters. The third kappa shape index (κ3) is 10.2. The van der Waals surface area contributed by atoms with E-state index >= 15 is 0 Å². The summed E-state index contributed by atoms with van der Waals surface area (Å²) in [5, 5.41) is 1.62. The molecule has 0 aromatic rings. The van der Waals surface area contributed by atoms with Gasteiger partial charge in [0.25, 0.3) is 0 Å². The molecule has 164 valence electrons. The molecule has 0 aliphatic carbocycles. The van der Waals surface area contributed by atoms with Crippen molar-refractivity contribution in [3.63, 3.8) is 0 Å². The molecule has 0 bridgehead atoms. The minimum Gasteiger partial charge on any atom is -0.667 e. The van der Waals surface area contributed by atoms with Gasteiger partial charge in [0.1, 0.15) is 0 Å². The van der Waals surface area contributed by atoms with Crippen molar-refractivity contribution in [1.29, 1.82) is 0 Å². The second kappa shape index (κ2) is 8.78. The van der Waals surface area contributed by atoms with Crippen molar-refractivity contribution in [1.82, 2.24) is 0 Å². The van der Waals surface area contributed by atoms with E-state index in [0.717, 1.165) is 0 Å². The summed E-state index contributed by atoms with van der Waals surface area (Å²) in [6.45, 7) is 39.6. The standard InChI is InChI=1S/C22H52NP2Si2/c1-19(2,3)24(20(4,5)6)17-26(13,14)23-27(15,16)18-25(21(7,8)9)22(10,11)12/h17-18H2,1-16H3/q-1. The monoisotopic (exact) mass is 448 g/mol. The summed E-state index contributed by atoms with van der Waals surface area (Å²) in [7, 11) is -3.27. The summed E-state index contributed by atoms with van der Waals surface area (Å²) in [4.78, 5) is 0. The molecule has 0 heterocycles. The lowest BCUT2D eigenvalue weighted by Gasteiger charge is -2.57. The van der Waals surface area contributed by atoms with Crippen LogP contribution >= 0.6 is 15.8 Å². The van der Waals surface area contributed by atoms with E-state index in [1.807, 2.05) is 0 Å². The fourth-order valence-corrected chi connectivity index (χ4v) is 30.8. The fraction of sp³-hybridized carbons (Fsp3) is 1.00. The van der Waals surface area contributed by atoms with Gasteiger partial charge in [0.2, 0.25) is 0 Å². The Labute approximate surface area is 178 Å². The molecule has 0 amide bonds. The van der Waals surface area contributed by atoms with Gasteiger partial charge < -0.3 is 4.65 Å². The Morgan fingerprint density at radius 2 is 0.667 bits per heavy atom. The molecule has 1 nitrogen and oxygen atoms in total. The van der Waals surface area contributed by atoms with E-state index in [1.54, 1.807) is 0 Å². The molecular weight excluding hydrogens is 396 g/mol. The van der Waals surface area contributed by atoms with E-state index in [9.17, 15) is 0 Å². The molecule has 0 aromatic carbocycles. The van der Waals surface area contributed by atoms with E-state index in [1.165, 1.54) is 11.6 Å². The molecule has 0 fully saturated rings. The van der Waals surface area contributed by atoms with Crippen molar-refractivity contribution < 1.29 is 0 Å². The first-order valence-corrected chi connectivity index (χ1v) is 20.0. The Bertz CT molecular complexity index is 403. The summed E-state index contributed by atoms with van der Waals surface area (Å²) < 4.78 is 5.78. The highest BCUT2D eigenvalue weighted by molar-refractivity contribution is 7.65. The van der Waals surface area contributed by atoms with Crippen LogP contribution in [0.3, 0.4) is 0 Å². The van der Waals surface area contributed by atoms with Gasteiger partial charge >= 0.3 is 0 Å². The average molecular weight is 449 g/mol. The zero-order valence-corrected chi connectivity index (χ0v) is 25.5. The summed E-state index contributed by atoms with van der Waals surface area (Å²) >= 11 is 0. The van der Waals surface area contributed by atoms with Crippen molar-refractivity contribution in [3.05, 3.63) is 4.65 Å². The Morgan fingerprint density at radius 1 is 0.481 bits per heavy atom. The van der Waals surface area contributed by atoms with Crippen LogP contribution in [-0.2, 0) is 0 Å². The smallest absolute Gasteiger partial charge is 0.0178 e. The summed E-state index contributed by atoms with van der Waals surface area (Å²) in [6.07, 6.45) is 0. The third-order valence-electron chi connectivity index (χ3n) is 4.93. The summed E-state index contributed by atoms with van der Waals surface area (Å²) in [5.41, 5.74) is 0. The van der Waals surface area contributed by atoms with Gasteiger partial charge in [0.15, 0.2) is 0 Å². The number of rotatable bonds is 6. The minimum absolute atomic E-state index is 0.0538. The van der Waals surface area contributed by atoms with Crippen LogP contribution in [-0.4, -0.2) is 48.7 Å². The molecule has 0 spiro atoms. The molecule has 0 saturated carbocycles. The number of nitrogens with zero attached hydrogens (tertiary/aromatic N) is 1.